The number of para-hydroxylation sites is 1. The molecule has 5 heteroatoms. The molecular weight excluding hydrogens is 265 g/mol. The quantitative estimate of drug-likeness (QED) is 0.789. The highest BCUT2D eigenvalue weighted by molar-refractivity contribution is 6.33. The Morgan fingerprint density at radius 1 is 1.21 bits per heavy atom. The first-order valence-electron chi connectivity index (χ1n) is 5.84. The van der Waals surface area contributed by atoms with Crippen LogP contribution >= 0.6 is 11.6 Å². The molecule has 0 saturated carbocycles. The summed E-state index contributed by atoms with van der Waals surface area (Å²) in [6.07, 6.45) is 3.82. The minimum atomic E-state index is -0.365. The molecule has 0 spiro atoms. The van der Waals surface area contributed by atoms with E-state index < -0.39 is 0 Å². The first kappa shape index (κ1) is 12.0. The van der Waals surface area contributed by atoms with Crippen molar-refractivity contribution in [2.75, 3.05) is 5.32 Å². The summed E-state index contributed by atoms with van der Waals surface area (Å²) >= 11 is 5.95. The van der Waals surface area contributed by atoms with E-state index in [2.05, 4.69) is 10.3 Å². The van der Waals surface area contributed by atoms with Gasteiger partial charge in [-0.25, -0.2) is 9.37 Å². The van der Waals surface area contributed by atoms with Gasteiger partial charge in [0.1, 0.15) is 11.5 Å². The van der Waals surface area contributed by atoms with Gasteiger partial charge in [-0.2, -0.15) is 0 Å². The van der Waals surface area contributed by atoms with Gasteiger partial charge < -0.3 is 9.72 Å². The lowest BCUT2D eigenvalue weighted by Gasteiger charge is -2.07. The van der Waals surface area contributed by atoms with E-state index in [1.54, 1.807) is 12.1 Å². The fourth-order valence-electron chi connectivity index (χ4n) is 1.92. The van der Waals surface area contributed by atoms with E-state index in [1.807, 2.05) is 35.0 Å². The van der Waals surface area contributed by atoms with E-state index in [0.29, 0.717) is 17.3 Å². The zero-order chi connectivity index (χ0) is 13.2. The van der Waals surface area contributed by atoms with E-state index in [-0.39, 0.29) is 5.82 Å². The van der Waals surface area contributed by atoms with Gasteiger partial charge in [0, 0.05) is 12.4 Å². The van der Waals surface area contributed by atoms with Gasteiger partial charge in [-0.05, 0) is 24.3 Å². The summed E-state index contributed by atoms with van der Waals surface area (Å²) in [5, 5.41) is 3.34. The number of anilines is 1. The van der Waals surface area contributed by atoms with E-state index in [9.17, 15) is 4.39 Å². The van der Waals surface area contributed by atoms with Crippen molar-refractivity contribution < 1.29 is 4.39 Å². The summed E-state index contributed by atoms with van der Waals surface area (Å²) in [6, 6.07) is 10.4. The zero-order valence-corrected chi connectivity index (χ0v) is 10.7. The Balaban J connectivity index is 1.82. The van der Waals surface area contributed by atoms with Crippen LogP contribution in [-0.4, -0.2) is 9.38 Å². The fraction of sp³-hybridized carbons (Fsp3) is 0.0714. The molecule has 3 aromatic rings. The second-order valence-electron chi connectivity index (χ2n) is 4.15. The summed E-state index contributed by atoms with van der Waals surface area (Å²) in [5.74, 6) is -0.365. The molecule has 3 rings (SSSR count). The van der Waals surface area contributed by atoms with E-state index in [0.717, 1.165) is 11.3 Å². The van der Waals surface area contributed by atoms with E-state index >= 15 is 0 Å². The molecule has 3 nitrogen and oxygen atoms in total. The number of benzene rings is 1. The van der Waals surface area contributed by atoms with Crippen LogP contribution in [0.15, 0.2) is 48.8 Å². The van der Waals surface area contributed by atoms with Gasteiger partial charge in [0.2, 0.25) is 0 Å². The number of pyridine rings is 1. The van der Waals surface area contributed by atoms with Crippen LogP contribution in [0.4, 0.5) is 10.1 Å². The number of nitrogens with one attached hydrogen (secondary N) is 1. The molecule has 0 unspecified atom stereocenters. The summed E-state index contributed by atoms with van der Waals surface area (Å²) in [4.78, 5) is 4.42. The molecule has 96 valence electrons. The SMILES string of the molecule is Fc1cccc(Cl)c1NCc1cn2ccccc2n1. The van der Waals surface area contributed by atoms with Crippen LogP contribution in [0.3, 0.4) is 0 Å². The molecular formula is C14H11ClFN3. The first-order valence-corrected chi connectivity index (χ1v) is 6.22. The maximum Gasteiger partial charge on any atom is 0.147 e. The van der Waals surface area contributed by atoms with Gasteiger partial charge in [-0.15, -0.1) is 0 Å². The van der Waals surface area contributed by atoms with Crippen molar-refractivity contribution in [3.63, 3.8) is 0 Å². The van der Waals surface area contributed by atoms with Crippen molar-refractivity contribution >= 4 is 22.9 Å². The number of aromatic nitrogens is 2. The van der Waals surface area contributed by atoms with E-state index in [1.165, 1.54) is 6.07 Å². The molecule has 0 aliphatic rings. The third kappa shape index (κ3) is 2.39. The van der Waals surface area contributed by atoms with Gasteiger partial charge in [-0.1, -0.05) is 23.7 Å². The van der Waals surface area contributed by atoms with Crippen LogP contribution in [0.1, 0.15) is 5.69 Å². The first-order chi connectivity index (χ1) is 9.24. The standard InChI is InChI=1S/C14H11ClFN3/c15-11-4-3-5-12(16)14(11)17-8-10-9-19-7-2-1-6-13(19)18-10/h1-7,9,17H,8H2. The molecule has 19 heavy (non-hydrogen) atoms. The van der Waals surface area contributed by atoms with Crippen molar-refractivity contribution in [1.29, 1.82) is 0 Å². The number of hydrogen-bond donors (Lipinski definition) is 1. The van der Waals surface area contributed by atoms with Gasteiger partial charge >= 0.3 is 0 Å². The molecule has 0 aliphatic carbocycles. The topological polar surface area (TPSA) is 29.3 Å². The molecule has 1 N–H and O–H groups in total. The third-order valence-corrected chi connectivity index (χ3v) is 3.14. The molecule has 0 saturated heterocycles. The maximum atomic E-state index is 13.6. The highest BCUT2D eigenvalue weighted by Crippen LogP contribution is 2.25. The molecule has 2 heterocycles. The summed E-state index contributed by atoms with van der Waals surface area (Å²) in [7, 11) is 0. The third-order valence-electron chi connectivity index (χ3n) is 2.82. The molecule has 2 aromatic heterocycles. The number of fused-ring (bicyclic) bond motifs is 1. The average molecular weight is 276 g/mol. The van der Waals surface area contributed by atoms with Crippen LogP contribution in [0.2, 0.25) is 5.02 Å². The van der Waals surface area contributed by atoms with Gasteiger partial charge in [0.25, 0.3) is 0 Å². The zero-order valence-electron chi connectivity index (χ0n) is 9.98. The van der Waals surface area contributed by atoms with Crippen LogP contribution in [0.5, 0.6) is 0 Å². The predicted octanol–water partition coefficient (Wildman–Crippen LogP) is 3.74. The minimum Gasteiger partial charge on any atom is -0.376 e. The van der Waals surface area contributed by atoms with Crippen molar-refractivity contribution in [3.8, 4) is 0 Å². The molecule has 0 bridgehead atoms. The Hall–Kier alpha value is -2.07. The van der Waals surface area contributed by atoms with Crippen molar-refractivity contribution in [1.82, 2.24) is 9.38 Å². The maximum absolute atomic E-state index is 13.6. The Morgan fingerprint density at radius 2 is 2.11 bits per heavy atom. The summed E-state index contributed by atoms with van der Waals surface area (Å²) < 4.78 is 15.5. The number of nitrogens with zero attached hydrogens (tertiary/aromatic N) is 2. The largest absolute Gasteiger partial charge is 0.376 e. The monoisotopic (exact) mass is 275 g/mol. The Bertz CT molecular complexity index is 670. The lowest BCUT2D eigenvalue weighted by atomic mass is 10.3. The van der Waals surface area contributed by atoms with Crippen molar-refractivity contribution in [3.05, 3.63) is 65.3 Å². The van der Waals surface area contributed by atoms with Crippen LogP contribution < -0.4 is 5.32 Å². The molecule has 1 aromatic carbocycles. The van der Waals surface area contributed by atoms with E-state index in [4.69, 9.17) is 11.6 Å². The predicted molar refractivity (Wildman–Crippen MR) is 73.9 cm³/mol. The molecule has 0 fully saturated rings. The highest BCUT2D eigenvalue weighted by atomic mass is 35.5. The van der Waals surface area contributed by atoms with Gasteiger partial charge in [0.05, 0.1) is 22.9 Å². The number of imidazole rings is 1. The summed E-state index contributed by atoms with van der Waals surface area (Å²) in [6.45, 7) is 0.419. The van der Waals surface area contributed by atoms with Crippen LogP contribution in [0, 0.1) is 5.82 Å². The highest BCUT2D eigenvalue weighted by Gasteiger charge is 2.07. The van der Waals surface area contributed by atoms with Crippen LogP contribution in [-0.2, 0) is 6.54 Å². The van der Waals surface area contributed by atoms with Crippen molar-refractivity contribution in [2.45, 2.75) is 6.54 Å². The molecule has 0 radical (unpaired) electrons. The van der Waals surface area contributed by atoms with Crippen LogP contribution in [0.25, 0.3) is 5.65 Å². The van der Waals surface area contributed by atoms with Gasteiger partial charge in [-0.3, -0.25) is 0 Å². The number of hydrogen-bond acceptors (Lipinski definition) is 2. The fourth-order valence-corrected chi connectivity index (χ4v) is 2.15. The molecule has 0 amide bonds. The second kappa shape index (κ2) is 4.90. The Labute approximate surface area is 114 Å². The Kier molecular flexibility index (Phi) is 3.09. The molecule has 0 aliphatic heterocycles. The Morgan fingerprint density at radius 3 is 2.89 bits per heavy atom. The minimum absolute atomic E-state index is 0.307. The average Bonchev–Trinajstić information content (AvgIpc) is 2.81. The normalized spacial score (nSPS) is 10.8. The van der Waals surface area contributed by atoms with Crippen molar-refractivity contribution in [2.24, 2.45) is 0 Å². The lowest BCUT2D eigenvalue weighted by molar-refractivity contribution is 0.630. The summed E-state index contributed by atoms with van der Waals surface area (Å²) in [5.41, 5.74) is 1.99. The number of halogens is 2. The smallest absolute Gasteiger partial charge is 0.147 e. The molecule has 0 atom stereocenters. The van der Waals surface area contributed by atoms with Gasteiger partial charge in [0.15, 0.2) is 0 Å². The lowest BCUT2D eigenvalue weighted by Crippen LogP contribution is -2.02. The number of rotatable bonds is 3. The second-order valence-corrected chi connectivity index (χ2v) is 4.56.